The van der Waals surface area contributed by atoms with Crippen molar-refractivity contribution in [2.45, 2.75) is 50.9 Å². The van der Waals surface area contributed by atoms with Crippen molar-refractivity contribution in [2.24, 2.45) is 0 Å². The van der Waals surface area contributed by atoms with Gasteiger partial charge >= 0.3 is 5.97 Å². The Morgan fingerprint density at radius 3 is 1.76 bits per heavy atom. The van der Waals surface area contributed by atoms with Gasteiger partial charge in [-0.2, -0.15) is 5.06 Å². The zero-order chi connectivity index (χ0) is 31.6. The number of rotatable bonds is 13. The van der Waals surface area contributed by atoms with Gasteiger partial charge in [0, 0.05) is 6.54 Å². The van der Waals surface area contributed by atoms with E-state index in [4.69, 9.17) is 19.0 Å². The molecule has 1 heterocycles. The average molecular weight is 614 g/mol. The molecule has 5 aromatic carbocycles. The molecule has 2 unspecified atom stereocenters. The van der Waals surface area contributed by atoms with Crippen LogP contribution in [-0.2, 0) is 37.9 Å². The van der Waals surface area contributed by atoms with Gasteiger partial charge in [-0.25, -0.2) is 4.79 Å². The Kier molecular flexibility index (Phi) is 10.2. The van der Waals surface area contributed by atoms with Crippen molar-refractivity contribution >= 4 is 5.97 Å². The molecule has 234 valence electrons. The molecule has 0 aromatic heterocycles. The van der Waals surface area contributed by atoms with E-state index in [2.05, 4.69) is 36.4 Å². The highest BCUT2D eigenvalue weighted by Crippen LogP contribution is 2.43. The molecule has 6 heteroatoms. The van der Waals surface area contributed by atoms with Gasteiger partial charge in [0.25, 0.3) is 0 Å². The summed E-state index contributed by atoms with van der Waals surface area (Å²) in [6.45, 7) is 3.15. The Balaban J connectivity index is 1.26. The second kappa shape index (κ2) is 15.0. The molecule has 1 aliphatic rings. The molecule has 46 heavy (non-hydrogen) atoms. The maximum Gasteiger partial charge on any atom is 0.347 e. The van der Waals surface area contributed by atoms with Crippen molar-refractivity contribution in [2.75, 3.05) is 6.54 Å². The van der Waals surface area contributed by atoms with Crippen molar-refractivity contribution in [3.63, 3.8) is 0 Å². The largest absolute Gasteiger partial charge is 0.479 e. The first-order chi connectivity index (χ1) is 22.6. The normalized spacial score (nSPS) is 15.7. The number of carbonyl (C=O) groups is 1. The summed E-state index contributed by atoms with van der Waals surface area (Å²) in [7, 11) is 0. The Morgan fingerprint density at radius 2 is 1.20 bits per heavy atom. The fraction of sp³-hybridized carbons (Fsp3) is 0.225. The molecule has 0 aliphatic carbocycles. The summed E-state index contributed by atoms with van der Waals surface area (Å²) in [6, 6.07) is 48.1. The number of carbonyl (C=O) groups excluding carboxylic acids is 1. The molecule has 0 saturated carbocycles. The molecule has 1 aliphatic heterocycles. The van der Waals surface area contributed by atoms with Gasteiger partial charge in [0.05, 0.1) is 6.61 Å². The average Bonchev–Trinajstić information content (AvgIpc) is 3.57. The van der Waals surface area contributed by atoms with Crippen LogP contribution in [0.25, 0.3) is 0 Å². The number of hydrogen-bond acceptors (Lipinski definition) is 6. The van der Waals surface area contributed by atoms with Crippen LogP contribution in [0.15, 0.2) is 146 Å². The lowest BCUT2D eigenvalue weighted by Gasteiger charge is -2.40. The fourth-order valence-electron chi connectivity index (χ4n) is 5.79. The quantitative estimate of drug-likeness (QED) is 0.0989. The zero-order valence-corrected chi connectivity index (χ0v) is 26.0. The van der Waals surface area contributed by atoms with Gasteiger partial charge in [0.2, 0.25) is 0 Å². The van der Waals surface area contributed by atoms with Crippen molar-refractivity contribution in [3.8, 4) is 5.75 Å². The minimum absolute atomic E-state index is 0.197. The molecule has 0 spiro atoms. The second-order valence-electron chi connectivity index (χ2n) is 11.4. The Bertz CT molecular complexity index is 1610. The summed E-state index contributed by atoms with van der Waals surface area (Å²) in [5.41, 5.74) is 3.98. The third-order valence-electron chi connectivity index (χ3n) is 8.18. The summed E-state index contributed by atoms with van der Waals surface area (Å²) in [5, 5.41) is 2.00. The molecule has 0 bridgehead atoms. The molecule has 6 nitrogen and oxygen atoms in total. The lowest BCUT2D eigenvalue weighted by molar-refractivity contribution is -0.280. The van der Waals surface area contributed by atoms with Crippen LogP contribution in [0.5, 0.6) is 5.75 Å². The van der Waals surface area contributed by atoms with Crippen molar-refractivity contribution in [1.29, 1.82) is 0 Å². The first kappa shape index (κ1) is 31.2. The van der Waals surface area contributed by atoms with Gasteiger partial charge in [0.15, 0.2) is 11.7 Å². The van der Waals surface area contributed by atoms with Gasteiger partial charge in [-0.3, -0.25) is 4.84 Å². The minimum atomic E-state index is -0.972. The zero-order valence-electron chi connectivity index (χ0n) is 26.0. The number of esters is 1. The lowest BCUT2D eigenvalue weighted by atomic mass is 9.80. The molecular formula is C40H39NO5. The van der Waals surface area contributed by atoms with Gasteiger partial charge in [0.1, 0.15) is 18.6 Å². The first-order valence-electron chi connectivity index (χ1n) is 15.8. The van der Waals surface area contributed by atoms with E-state index in [0.29, 0.717) is 12.4 Å². The van der Waals surface area contributed by atoms with Crippen LogP contribution in [0.3, 0.4) is 0 Å². The highest BCUT2D eigenvalue weighted by atomic mass is 16.7. The van der Waals surface area contributed by atoms with Gasteiger partial charge in [-0.1, -0.05) is 133 Å². The highest BCUT2D eigenvalue weighted by molar-refractivity contribution is 5.74. The number of hydroxylamine groups is 2. The molecular weight excluding hydrogens is 574 g/mol. The van der Waals surface area contributed by atoms with Crippen LogP contribution < -0.4 is 4.74 Å². The number of benzene rings is 5. The van der Waals surface area contributed by atoms with E-state index in [9.17, 15) is 4.79 Å². The molecule has 0 amide bonds. The van der Waals surface area contributed by atoms with Gasteiger partial charge in [-0.15, -0.1) is 0 Å². The van der Waals surface area contributed by atoms with E-state index in [1.54, 1.807) is 6.92 Å². The number of ether oxygens (including phenoxy) is 3. The van der Waals surface area contributed by atoms with E-state index in [0.717, 1.165) is 47.2 Å². The van der Waals surface area contributed by atoms with Crippen molar-refractivity contribution < 1.29 is 23.8 Å². The van der Waals surface area contributed by atoms with Crippen LogP contribution in [0, 0.1) is 0 Å². The topological polar surface area (TPSA) is 57.2 Å². The highest BCUT2D eigenvalue weighted by Gasteiger charge is 2.43. The van der Waals surface area contributed by atoms with E-state index in [1.807, 2.05) is 114 Å². The van der Waals surface area contributed by atoms with Crippen LogP contribution in [-0.4, -0.2) is 29.9 Å². The van der Waals surface area contributed by atoms with Crippen LogP contribution in [0.2, 0.25) is 0 Å². The third-order valence-corrected chi connectivity index (χ3v) is 8.18. The van der Waals surface area contributed by atoms with Crippen LogP contribution in [0.4, 0.5) is 0 Å². The summed E-state index contributed by atoms with van der Waals surface area (Å²) < 4.78 is 17.9. The van der Waals surface area contributed by atoms with E-state index < -0.39 is 17.7 Å². The third kappa shape index (κ3) is 7.37. The van der Waals surface area contributed by atoms with E-state index in [-0.39, 0.29) is 12.8 Å². The molecule has 0 radical (unpaired) electrons. The maximum atomic E-state index is 12.7. The molecule has 5 aromatic rings. The minimum Gasteiger partial charge on any atom is -0.479 e. The summed E-state index contributed by atoms with van der Waals surface area (Å²) in [4.78, 5) is 19.9. The Hall–Kier alpha value is -4.75. The summed E-state index contributed by atoms with van der Waals surface area (Å²) in [5.74, 6) is 0.142. The molecule has 0 N–H and O–H groups in total. The fourth-order valence-corrected chi connectivity index (χ4v) is 5.79. The molecule has 2 atom stereocenters. The molecule has 6 rings (SSSR count). The lowest BCUT2D eigenvalue weighted by Crippen LogP contribution is -2.43. The number of nitrogens with zero attached hydrogens (tertiary/aromatic N) is 1. The van der Waals surface area contributed by atoms with Crippen molar-refractivity contribution in [3.05, 3.63) is 173 Å². The molecule has 1 saturated heterocycles. The standard InChI is InChI=1S/C40H39NO5/c1-31(39(42)44-30-33-17-8-3-9-18-33)45-37-26-24-36(25-27-37)40(34-19-10-4-11-20-34,35-21-12-5-13-22-35)46-41-28-14-23-38(41)43-29-32-15-6-2-7-16-32/h2-13,15-22,24-27,31,38H,14,23,28-30H2,1H3. The van der Waals surface area contributed by atoms with E-state index >= 15 is 0 Å². The van der Waals surface area contributed by atoms with Crippen LogP contribution >= 0.6 is 0 Å². The monoisotopic (exact) mass is 613 g/mol. The van der Waals surface area contributed by atoms with Crippen LogP contribution in [0.1, 0.15) is 47.6 Å². The van der Waals surface area contributed by atoms with Gasteiger partial charge < -0.3 is 14.2 Å². The SMILES string of the molecule is CC(Oc1ccc(C(ON2CCCC2OCc2ccccc2)(c2ccccc2)c2ccccc2)cc1)C(=O)OCc1ccccc1. The van der Waals surface area contributed by atoms with E-state index in [1.165, 1.54) is 0 Å². The Morgan fingerprint density at radius 1 is 0.696 bits per heavy atom. The molecule has 1 fully saturated rings. The maximum absolute atomic E-state index is 12.7. The van der Waals surface area contributed by atoms with Crippen molar-refractivity contribution in [1.82, 2.24) is 5.06 Å². The summed E-state index contributed by atoms with van der Waals surface area (Å²) in [6.07, 6.45) is 0.866. The summed E-state index contributed by atoms with van der Waals surface area (Å²) >= 11 is 0. The predicted octanol–water partition coefficient (Wildman–Crippen LogP) is 8.06. The Labute approximate surface area is 271 Å². The van der Waals surface area contributed by atoms with Gasteiger partial charge in [-0.05, 0) is 59.7 Å². The number of hydrogen-bond donors (Lipinski definition) is 0. The first-order valence-corrected chi connectivity index (χ1v) is 15.8. The second-order valence-corrected chi connectivity index (χ2v) is 11.4. The predicted molar refractivity (Wildman–Crippen MR) is 178 cm³/mol. The smallest absolute Gasteiger partial charge is 0.347 e.